The number of hydrogen-bond donors (Lipinski definition) is 1. The summed E-state index contributed by atoms with van der Waals surface area (Å²) in [5.74, 6) is -3.48. The van der Waals surface area contributed by atoms with Crippen LogP contribution < -0.4 is 15.2 Å². The highest BCUT2D eigenvalue weighted by molar-refractivity contribution is 5.97. The van der Waals surface area contributed by atoms with Crippen molar-refractivity contribution in [3.8, 4) is 11.5 Å². The van der Waals surface area contributed by atoms with E-state index in [0.717, 1.165) is 23.6 Å². The third-order valence-corrected chi connectivity index (χ3v) is 7.73. The van der Waals surface area contributed by atoms with Gasteiger partial charge in [0.25, 0.3) is 5.91 Å². The minimum Gasteiger partial charge on any atom is -0.502 e. The number of aromatic hydroxyl groups is 1. The second-order valence-corrected chi connectivity index (χ2v) is 9.75. The zero-order valence-electron chi connectivity index (χ0n) is 20.2. The van der Waals surface area contributed by atoms with Crippen molar-refractivity contribution >= 4 is 5.91 Å². The molecule has 1 atom stereocenters. The molecule has 1 spiro atoms. The molecule has 2 bridgehead atoms. The van der Waals surface area contributed by atoms with Gasteiger partial charge in [0.05, 0.1) is 5.54 Å². The van der Waals surface area contributed by atoms with Gasteiger partial charge in [-0.1, -0.05) is 30.3 Å². The van der Waals surface area contributed by atoms with Crippen LogP contribution in [0.1, 0.15) is 52.5 Å². The summed E-state index contributed by atoms with van der Waals surface area (Å²) in [7, 11) is 0. The van der Waals surface area contributed by atoms with Gasteiger partial charge >= 0.3 is 0 Å². The fraction of sp³-hybridized carbons (Fsp3) is 0.286. The first-order valence-electron chi connectivity index (χ1n) is 12.2. The number of ether oxygens (including phenoxy) is 1. The SMILES string of the molecule is Cc1ccccc1[C@@H]1c2ccc(F)c(F)c2OC/C=C/C2(CCC2)N2CN1n1ccc(=O)c(O)c1C2=O. The van der Waals surface area contributed by atoms with Crippen molar-refractivity contribution in [2.24, 2.45) is 0 Å². The van der Waals surface area contributed by atoms with Gasteiger partial charge in [-0.25, -0.2) is 4.39 Å². The van der Waals surface area contributed by atoms with E-state index in [1.807, 2.05) is 37.3 Å². The van der Waals surface area contributed by atoms with Gasteiger partial charge in [0.15, 0.2) is 23.0 Å². The molecule has 3 aliphatic rings. The number of halogens is 2. The normalized spacial score (nSPS) is 20.8. The molecule has 2 aliphatic heterocycles. The maximum absolute atomic E-state index is 15.3. The van der Waals surface area contributed by atoms with Crippen molar-refractivity contribution in [1.82, 2.24) is 9.58 Å². The third-order valence-electron chi connectivity index (χ3n) is 7.73. The molecule has 7 nitrogen and oxygen atoms in total. The van der Waals surface area contributed by atoms with E-state index in [1.54, 1.807) is 16.0 Å². The third kappa shape index (κ3) is 3.44. The average Bonchev–Trinajstić information content (AvgIpc) is 2.88. The average molecular weight is 506 g/mol. The summed E-state index contributed by atoms with van der Waals surface area (Å²) in [5, 5.41) is 12.6. The van der Waals surface area contributed by atoms with Crippen molar-refractivity contribution in [2.75, 3.05) is 18.3 Å². The number of benzene rings is 2. The van der Waals surface area contributed by atoms with E-state index in [1.165, 1.54) is 23.0 Å². The van der Waals surface area contributed by atoms with E-state index in [0.29, 0.717) is 18.4 Å². The quantitative estimate of drug-likeness (QED) is 0.503. The van der Waals surface area contributed by atoms with E-state index in [2.05, 4.69) is 0 Å². The monoisotopic (exact) mass is 505 g/mol. The molecule has 1 aliphatic carbocycles. The van der Waals surface area contributed by atoms with Crippen molar-refractivity contribution in [1.29, 1.82) is 0 Å². The molecular weight excluding hydrogens is 480 g/mol. The molecule has 2 aromatic carbocycles. The standard InChI is InChI=1S/C28H25F2N3O4/c1-17-6-2-3-7-18(17)23-19-8-9-20(29)22(30)26(19)37-15-5-13-28(11-4-12-28)31-16-33(23)32-14-10-21(34)25(35)24(32)27(31)36/h2-3,5-10,13-14,23,35H,4,11-12,15-16H2,1H3/b13-5+/t23-/m1/s1. The molecule has 0 saturated heterocycles. The summed E-state index contributed by atoms with van der Waals surface area (Å²) in [6, 6.07) is 10.5. The smallest absolute Gasteiger partial charge is 0.278 e. The summed E-state index contributed by atoms with van der Waals surface area (Å²) in [4.78, 5) is 27.9. The Morgan fingerprint density at radius 2 is 1.84 bits per heavy atom. The number of carbonyl (C=O) groups excluding carboxylic acids is 1. The fourth-order valence-corrected chi connectivity index (χ4v) is 5.64. The first-order valence-corrected chi connectivity index (χ1v) is 12.2. The number of rotatable bonds is 1. The Labute approximate surface area is 211 Å². The van der Waals surface area contributed by atoms with E-state index in [4.69, 9.17) is 4.74 Å². The van der Waals surface area contributed by atoms with Gasteiger partial charge in [0.2, 0.25) is 11.2 Å². The van der Waals surface area contributed by atoms with Crippen LogP contribution in [0.2, 0.25) is 0 Å². The number of amides is 1. The zero-order chi connectivity index (χ0) is 25.9. The van der Waals surface area contributed by atoms with Crippen LogP contribution in [0.3, 0.4) is 0 Å². The molecule has 6 rings (SSSR count). The molecule has 9 heteroatoms. The number of hydrogen-bond acceptors (Lipinski definition) is 5. The lowest BCUT2D eigenvalue weighted by Gasteiger charge is -2.54. The number of nitrogens with zero attached hydrogens (tertiary/aromatic N) is 3. The fourth-order valence-electron chi connectivity index (χ4n) is 5.64. The summed E-state index contributed by atoms with van der Waals surface area (Å²) in [6.45, 7) is 1.97. The van der Waals surface area contributed by atoms with Gasteiger partial charge < -0.3 is 14.7 Å². The lowest BCUT2D eigenvalue weighted by atomic mass is 9.74. The van der Waals surface area contributed by atoms with Gasteiger partial charge in [-0.2, -0.15) is 4.39 Å². The Balaban J connectivity index is 1.69. The Hall–Kier alpha value is -4.14. The van der Waals surface area contributed by atoms with Crippen molar-refractivity contribution < 1.29 is 23.4 Å². The highest BCUT2D eigenvalue weighted by Gasteiger charge is 2.49. The summed E-state index contributed by atoms with van der Waals surface area (Å²) >= 11 is 0. The molecule has 0 radical (unpaired) electrons. The van der Waals surface area contributed by atoms with E-state index in [-0.39, 0.29) is 24.7 Å². The van der Waals surface area contributed by atoms with Crippen LogP contribution >= 0.6 is 0 Å². The molecule has 1 amide bonds. The minimum atomic E-state index is -1.10. The number of aryl methyl sites for hydroxylation is 1. The van der Waals surface area contributed by atoms with Crippen molar-refractivity contribution in [3.63, 3.8) is 0 Å². The highest BCUT2D eigenvalue weighted by atomic mass is 19.2. The van der Waals surface area contributed by atoms with Crippen LogP contribution in [0.4, 0.5) is 8.78 Å². The lowest BCUT2D eigenvalue weighted by molar-refractivity contribution is 0.0255. The first-order chi connectivity index (χ1) is 17.8. The second-order valence-electron chi connectivity index (χ2n) is 9.75. The molecule has 1 aromatic heterocycles. The van der Waals surface area contributed by atoms with E-state index in [9.17, 15) is 19.1 Å². The Morgan fingerprint density at radius 1 is 1.05 bits per heavy atom. The lowest BCUT2D eigenvalue weighted by Crippen LogP contribution is -2.64. The second kappa shape index (κ2) is 8.47. The molecule has 0 unspecified atom stereocenters. The zero-order valence-corrected chi connectivity index (χ0v) is 20.2. The minimum absolute atomic E-state index is 0.0201. The topological polar surface area (TPSA) is 75.0 Å². The van der Waals surface area contributed by atoms with Gasteiger partial charge in [-0.05, 0) is 55.5 Å². The number of fused-ring (bicyclic) bond motifs is 6. The molecule has 3 heterocycles. The molecule has 1 saturated carbocycles. The molecule has 3 aromatic rings. The van der Waals surface area contributed by atoms with Crippen molar-refractivity contribution in [2.45, 2.75) is 37.8 Å². The van der Waals surface area contributed by atoms with Gasteiger partial charge in [-0.15, -0.1) is 0 Å². The Morgan fingerprint density at radius 3 is 2.57 bits per heavy atom. The number of pyridine rings is 1. The molecule has 190 valence electrons. The van der Waals surface area contributed by atoms with Crippen LogP contribution in [0.5, 0.6) is 11.5 Å². The van der Waals surface area contributed by atoms with Gasteiger partial charge in [0, 0.05) is 17.8 Å². The molecule has 1 fully saturated rings. The molecule has 1 N–H and O–H groups in total. The van der Waals surface area contributed by atoms with Crippen molar-refractivity contribution in [3.05, 3.63) is 105 Å². The Kier molecular flexibility index (Phi) is 5.33. The maximum atomic E-state index is 15.3. The largest absolute Gasteiger partial charge is 0.502 e. The van der Waals surface area contributed by atoms with Crippen LogP contribution in [0, 0.1) is 18.6 Å². The van der Waals surface area contributed by atoms with Gasteiger partial charge in [-0.3, -0.25) is 19.3 Å². The highest BCUT2D eigenvalue weighted by Crippen LogP contribution is 2.45. The van der Waals surface area contributed by atoms with Gasteiger partial charge in [0.1, 0.15) is 19.3 Å². The van der Waals surface area contributed by atoms with Crippen LogP contribution in [0.15, 0.2) is 65.6 Å². The predicted molar refractivity (Wildman–Crippen MR) is 132 cm³/mol. The summed E-state index contributed by atoms with van der Waals surface area (Å²) < 4.78 is 37.0. The number of aromatic nitrogens is 1. The van der Waals surface area contributed by atoms with Crippen LogP contribution in [-0.4, -0.2) is 39.4 Å². The molecule has 37 heavy (non-hydrogen) atoms. The van der Waals surface area contributed by atoms with E-state index >= 15 is 4.39 Å². The maximum Gasteiger partial charge on any atom is 0.278 e. The Bertz CT molecular complexity index is 1510. The van der Waals surface area contributed by atoms with Crippen LogP contribution in [0.25, 0.3) is 0 Å². The summed E-state index contributed by atoms with van der Waals surface area (Å²) in [6.07, 6.45) is 7.28. The van der Waals surface area contributed by atoms with Crippen LogP contribution in [-0.2, 0) is 0 Å². The first kappa shape index (κ1) is 23.3. The summed E-state index contributed by atoms with van der Waals surface area (Å²) in [5.41, 5.74) is 0.509. The molecular formula is C28H25F2N3O4. The number of carbonyl (C=O) groups is 1. The predicted octanol–water partition coefficient (Wildman–Crippen LogP) is 4.15. The van der Waals surface area contributed by atoms with E-state index < -0.39 is 40.3 Å².